The number of para-hydroxylation sites is 1. The molecular weight excluding hydrogens is 381 g/mol. The third-order valence-corrected chi connectivity index (χ3v) is 4.39. The summed E-state index contributed by atoms with van der Waals surface area (Å²) in [6, 6.07) is 9.09. The van der Waals surface area contributed by atoms with Crippen LogP contribution in [0.1, 0.15) is 32.9 Å². The maximum absolute atomic E-state index is 12.7. The zero-order chi connectivity index (χ0) is 21.0. The molecule has 0 amide bonds. The Bertz CT molecular complexity index is 1040. The number of benzene rings is 1. The van der Waals surface area contributed by atoms with E-state index < -0.39 is 6.36 Å². The van der Waals surface area contributed by atoms with Crippen LogP contribution in [0, 0.1) is 0 Å². The number of imidazole rings is 1. The summed E-state index contributed by atoms with van der Waals surface area (Å²) in [4.78, 5) is 7.54. The van der Waals surface area contributed by atoms with Gasteiger partial charge in [-0.3, -0.25) is 0 Å². The first-order valence-corrected chi connectivity index (χ1v) is 9.13. The Balaban J connectivity index is 1.89. The number of hydrogen-bond donors (Lipinski definition) is 1. The fourth-order valence-corrected chi connectivity index (χ4v) is 2.76. The van der Waals surface area contributed by atoms with Gasteiger partial charge >= 0.3 is 6.36 Å². The lowest BCUT2D eigenvalue weighted by atomic mass is 10.1. The molecule has 1 aromatic carbocycles. The molecule has 3 aromatic rings. The molecule has 1 N–H and O–H groups in total. The van der Waals surface area contributed by atoms with Gasteiger partial charge < -0.3 is 14.1 Å². The van der Waals surface area contributed by atoms with Crippen LogP contribution >= 0.6 is 0 Å². The van der Waals surface area contributed by atoms with Crippen molar-refractivity contribution in [2.45, 2.75) is 33.6 Å². The molecule has 0 aliphatic heterocycles. The molecule has 0 radical (unpaired) electrons. The molecule has 4 nitrogen and oxygen atoms in total. The molecule has 29 heavy (non-hydrogen) atoms. The minimum atomic E-state index is -4.78. The zero-order valence-corrected chi connectivity index (χ0v) is 16.3. The second-order valence-corrected chi connectivity index (χ2v) is 6.47. The molecule has 2 aromatic heterocycles. The molecular formula is C22H21F3N2O2. The monoisotopic (exact) mass is 402 g/mol. The van der Waals surface area contributed by atoms with Crippen LogP contribution in [-0.4, -0.2) is 16.3 Å². The van der Waals surface area contributed by atoms with E-state index in [1.165, 1.54) is 18.2 Å². The van der Waals surface area contributed by atoms with E-state index in [2.05, 4.69) is 33.8 Å². The Morgan fingerprint density at radius 2 is 1.86 bits per heavy atom. The Morgan fingerprint density at radius 1 is 1.14 bits per heavy atom. The lowest BCUT2D eigenvalue weighted by Crippen LogP contribution is -2.17. The smallest absolute Gasteiger partial charge is 0.453 e. The molecule has 0 saturated carbocycles. The molecule has 0 aliphatic rings. The first-order valence-electron chi connectivity index (χ1n) is 9.13. The van der Waals surface area contributed by atoms with Gasteiger partial charge in [0, 0.05) is 0 Å². The molecule has 2 heterocycles. The molecule has 0 fully saturated rings. The van der Waals surface area contributed by atoms with Gasteiger partial charge in [0.15, 0.2) is 11.6 Å². The van der Waals surface area contributed by atoms with E-state index in [-0.39, 0.29) is 17.1 Å². The predicted octanol–water partition coefficient (Wildman–Crippen LogP) is 6.99. The van der Waals surface area contributed by atoms with Crippen molar-refractivity contribution < 1.29 is 22.3 Å². The number of furan rings is 1. The SMILES string of the molecule is CC/C=C\C(C)=C(/C)c1cnc(-c2ccc(-c3ccccc3OC(F)(F)F)o2)[nH]1. The normalized spacial score (nSPS) is 13.0. The Hall–Kier alpha value is -3.22. The number of H-pyrrole nitrogens is 1. The van der Waals surface area contributed by atoms with Crippen LogP contribution in [0.25, 0.3) is 28.5 Å². The van der Waals surface area contributed by atoms with E-state index in [1.807, 2.05) is 13.8 Å². The van der Waals surface area contributed by atoms with E-state index >= 15 is 0 Å². The van der Waals surface area contributed by atoms with Crippen molar-refractivity contribution >= 4 is 5.57 Å². The predicted molar refractivity (Wildman–Crippen MR) is 106 cm³/mol. The topological polar surface area (TPSA) is 51.1 Å². The van der Waals surface area contributed by atoms with Gasteiger partial charge in [-0.05, 0) is 55.7 Å². The third kappa shape index (κ3) is 4.99. The molecule has 152 valence electrons. The van der Waals surface area contributed by atoms with Gasteiger partial charge in [-0.1, -0.05) is 31.2 Å². The number of alkyl halides is 3. The summed E-state index contributed by atoms with van der Waals surface area (Å²) in [7, 11) is 0. The standard InChI is InChI=1S/C22H21F3N2O2/c1-4-5-8-14(2)15(3)17-13-26-21(27-17)20-12-11-18(28-20)16-9-6-7-10-19(16)29-22(23,24)25/h5-13H,4H2,1-3H3,(H,26,27)/b8-5-,15-14+. The van der Waals surface area contributed by atoms with Crippen molar-refractivity contribution in [1.82, 2.24) is 9.97 Å². The summed E-state index contributed by atoms with van der Waals surface area (Å²) in [5, 5.41) is 0. The van der Waals surface area contributed by atoms with E-state index in [9.17, 15) is 13.2 Å². The maximum atomic E-state index is 12.7. The summed E-state index contributed by atoms with van der Waals surface area (Å²) in [5.41, 5.74) is 3.21. The number of aromatic amines is 1. The van der Waals surface area contributed by atoms with Gasteiger partial charge in [0.2, 0.25) is 0 Å². The number of rotatable bonds is 6. The van der Waals surface area contributed by atoms with Gasteiger partial charge in [-0.25, -0.2) is 4.98 Å². The number of nitrogens with one attached hydrogen (secondary N) is 1. The highest BCUT2D eigenvalue weighted by molar-refractivity contribution is 5.70. The molecule has 0 saturated heterocycles. The van der Waals surface area contributed by atoms with Gasteiger partial charge in [0.1, 0.15) is 11.5 Å². The number of allylic oxidation sites excluding steroid dienone is 4. The fraction of sp³-hybridized carbons (Fsp3) is 0.227. The van der Waals surface area contributed by atoms with Crippen molar-refractivity contribution in [1.29, 1.82) is 0 Å². The highest BCUT2D eigenvalue weighted by Gasteiger charge is 2.32. The highest BCUT2D eigenvalue weighted by Crippen LogP contribution is 2.36. The Morgan fingerprint density at radius 3 is 2.59 bits per heavy atom. The second-order valence-electron chi connectivity index (χ2n) is 6.47. The van der Waals surface area contributed by atoms with Crippen LogP contribution in [0.15, 0.2) is 64.7 Å². The summed E-state index contributed by atoms with van der Waals surface area (Å²) in [6.45, 7) is 6.08. The first kappa shape index (κ1) is 20.5. The van der Waals surface area contributed by atoms with E-state index in [0.29, 0.717) is 11.6 Å². The first-order chi connectivity index (χ1) is 13.8. The number of halogens is 3. The molecule has 3 rings (SSSR count). The number of aromatic nitrogens is 2. The summed E-state index contributed by atoms with van der Waals surface area (Å²) in [6.07, 6.45) is 2.01. The molecule has 0 atom stereocenters. The van der Waals surface area contributed by atoms with Crippen LogP contribution in [-0.2, 0) is 0 Å². The summed E-state index contributed by atoms with van der Waals surface area (Å²) < 4.78 is 47.8. The molecule has 0 unspecified atom stereocenters. The maximum Gasteiger partial charge on any atom is 0.573 e. The van der Waals surface area contributed by atoms with Crippen molar-refractivity contribution in [3.8, 4) is 28.7 Å². The minimum Gasteiger partial charge on any atom is -0.453 e. The molecule has 0 spiro atoms. The van der Waals surface area contributed by atoms with Crippen molar-refractivity contribution in [2.24, 2.45) is 0 Å². The molecule has 7 heteroatoms. The fourth-order valence-electron chi connectivity index (χ4n) is 2.76. The van der Waals surface area contributed by atoms with Gasteiger partial charge in [0.05, 0.1) is 17.5 Å². The van der Waals surface area contributed by atoms with E-state index in [0.717, 1.165) is 23.3 Å². The molecule has 0 bridgehead atoms. The molecule has 0 aliphatic carbocycles. The van der Waals surface area contributed by atoms with Crippen molar-refractivity contribution in [3.05, 3.63) is 66.0 Å². The number of nitrogens with zero attached hydrogens (tertiary/aromatic N) is 1. The lowest BCUT2D eigenvalue weighted by molar-refractivity contribution is -0.274. The van der Waals surface area contributed by atoms with Crippen LogP contribution < -0.4 is 4.74 Å². The quantitative estimate of drug-likeness (QED) is 0.452. The zero-order valence-electron chi connectivity index (χ0n) is 16.3. The van der Waals surface area contributed by atoms with Crippen molar-refractivity contribution in [2.75, 3.05) is 0 Å². The van der Waals surface area contributed by atoms with E-state index in [4.69, 9.17) is 4.42 Å². The van der Waals surface area contributed by atoms with Gasteiger partial charge in [-0.2, -0.15) is 0 Å². The van der Waals surface area contributed by atoms with Crippen molar-refractivity contribution in [3.63, 3.8) is 0 Å². The van der Waals surface area contributed by atoms with Crippen LogP contribution in [0.3, 0.4) is 0 Å². The van der Waals surface area contributed by atoms with Crippen LogP contribution in [0.4, 0.5) is 13.2 Å². The lowest BCUT2D eigenvalue weighted by Gasteiger charge is -2.11. The summed E-state index contributed by atoms with van der Waals surface area (Å²) in [5.74, 6) is 0.847. The second kappa shape index (κ2) is 8.43. The minimum absolute atomic E-state index is 0.208. The highest BCUT2D eigenvalue weighted by atomic mass is 19.4. The average Bonchev–Trinajstić information content (AvgIpc) is 3.34. The Kier molecular flexibility index (Phi) is 5.96. The summed E-state index contributed by atoms with van der Waals surface area (Å²) >= 11 is 0. The third-order valence-electron chi connectivity index (χ3n) is 4.39. The van der Waals surface area contributed by atoms with Crippen LogP contribution in [0.2, 0.25) is 0 Å². The van der Waals surface area contributed by atoms with E-state index in [1.54, 1.807) is 24.4 Å². The average molecular weight is 402 g/mol. The Labute approximate surface area is 166 Å². The number of hydrogen-bond acceptors (Lipinski definition) is 3. The van der Waals surface area contributed by atoms with Gasteiger partial charge in [0.25, 0.3) is 0 Å². The largest absolute Gasteiger partial charge is 0.573 e. The van der Waals surface area contributed by atoms with Crippen LogP contribution in [0.5, 0.6) is 5.75 Å². The van der Waals surface area contributed by atoms with Gasteiger partial charge in [-0.15, -0.1) is 13.2 Å². The number of ether oxygens (including phenoxy) is 1.